The van der Waals surface area contributed by atoms with E-state index >= 15 is 0 Å². The molecule has 0 unspecified atom stereocenters. The van der Waals surface area contributed by atoms with Gasteiger partial charge in [0.1, 0.15) is 6.61 Å². The molecular weight excluding hydrogens is 330 g/mol. The number of hydrogen-bond acceptors (Lipinski definition) is 7. The molecule has 0 radical (unpaired) electrons. The first-order valence-electron chi connectivity index (χ1n) is 7.20. The third-order valence-corrected chi connectivity index (χ3v) is 3.16. The smallest absolute Gasteiger partial charge is 0.344 e. The number of nitro benzene ring substituents is 1. The number of rotatable bonds is 7. The Morgan fingerprint density at radius 2 is 1.88 bits per heavy atom. The highest BCUT2D eigenvalue weighted by molar-refractivity contribution is 5.89. The lowest BCUT2D eigenvalue weighted by molar-refractivity contribution is -0.385. The second-order valence-corrected chi connectivity index (χ2v) is 4.87. The Kier molecular flexibility index (Phi) is 6.05. The number of nitro groups is 1. The lowest BCUT2D eigenvalue weighted by atomic mass is 10.1. The summed E-state index contributed by atoms with van der Waals surface area (Å²) in [6, 6.07) is 12.2. The van der Waals surface area contributed by atoms with Crippen LogP contribution in [0.25, 0.3) is 0 Å². The summed E-state index contributed by atoms with van der Waals surface area (Å²) in [4.78, 5) is 33.4. The van der Waals surface area contributed by atoms with E-state index in [1.807, 2.05) is 0 Å². The minimum Gasteiger partial charge on any atom is -0.475 e. The Hall–Kier alpha value is -3.42. The van der Waals surface area contributed by atoms with E-state index in [4.69, 9.17) is 9.47 Å². The van der Waals surface area contributed by atoms with Gasteiger partial charge in [-0.05, 0) is 23.8 Å². The number of carbonyl (C=O) groups excluding carboxylic acids is 2. The van der Waals surface area contributed by atoms with Gasteiger partial charge < -0.3 is 14.2 Å². The van der Waals surface area contributed by atoms with E-state index in [0.717, 1.165) is 0 Å². The van der Waals surface area contributed by atoms with Crippen LogP contribution in [-0.2, 0) is 20.9 Å². The lowest BCUT2D eigenvalue weighted by Gasteiger charge is -2.08. The normalized spacial score (nSPS) is 9.96. The minimum absolute atomic E-state index is 0.0165. The van der Waals surface area contributed by atoms with Gasteiger partial charge in [0.05, 0.1) is 17.6 Å². The molecule has 0 amide bonds. The molecule has 0 saturated carbocycles. The molecule has 0 spiro atoms. The Balaban J connectivity index is 1.90. The maximum atomic E-state index is 11.7. The molecule has 2 rings (SSSR count). The summed E-state index contributed by atoms with van der Waals surface area (Å²) in [7, 11) is 1.27. The van der Waals surface area contributed by atoms with Gasteiger partial charge in [-0.25, -0.2) is 9.59 Å². The molecule has 0 heterocycles. The van der Waals surface area contributed by atoms with Crippen LogP contribution in [0.1, 0.15) is 15.9 Å². The van der Waals surface area contributed by atoms with E-state index in [9.17, 15) is 19.7 Å². The summed E-state index contributed by atoms with van der Waals surface area (Å²) in [5, 5.41) is 10.9. The van der Waals surface area contributed by atoms with E-state index in [2.05, 4.69) is 4.74 Å². The maximum absolute atomic E-state index is 11.7. The number of nitrogens with zero attached hydrogens (tertiary/aromatic N) is 1. The molecule has 0 aliphatic rings. The molecule has 2 aromatic carbocycles. The molecule has 25 heavy (non-hydrogen) atoms. The van der Waals surface area contributed by atoms with Crippen LogP contribution in [0.4, 0.5) is 5.69 Å². The number of benzene rings is 2. The quantitative estimate of drug-likeness (QED) is 0.431. The molecule has 130 valence electrons. The van der Waals surface area contributed by atoms with Gasteiger partial charge in [0.15, 0.2) is 12.4 Å². The molecule has 8 heteroatoms. The van der Waals surface area contributed by atoms with Crippen LogP contribution in [0, 0.1) is 10.1 Å². The Morgan fingerprint density at radius 3 is 2.60 bits per heavy atom. The third kappa shape index (κ3) is 5.03. The van der Waals surface area contributed by atoms with Crippen LogP contribution in [-0.4, -0.2) is 30.6 Å². The average molecular weight is 345 g/mol. The van der Waals surface area contributed by atoms with Gasteiger partial charge in [-0.1, -0.05) is 24.3 Å². The second-order valence-electron chi connectivity index (χ2n) is 4.87. The molecule has 8 nitrogen and oxygen atoms in total. The molecule has 0 atom stereocenters. The van der Waals surface area contributed by atoms with Crippen LogP contribution < -0.4 is 4.74 Å². The number of esters is 2. The largest absolute Gasteiger partial charge is 0.475 e. The van der Waals surface area contributed by atoms with E-state index in [1.54, 1.807) is 30.3 Å². The number of para-hydroxylation sites is 2. The summed E-state index contributed by atoms with van der Waals surface area (Å²) in [5.74, 6) is -1.20. The first-order valence-corrected chi connectivity index (χ1v) is 7.20. The molecule has 0 aliphatic carbocycles. The van der Waals surface area contributed by atoms with E-state index in [0.29, 0.717) is 11.1 Å². The van der Waals surface area contributed by atoms with E-state index in [1.165, 1.54) is 25.3 Å². The van der Waals surface area contributed by atoms with E-state index in [-0.39, 0.29) is 18.0 Å². The Labute approximate surface area is 143 Å². The van der Waals surface area contributed by atoms with Gasteiger partial charge in [0, 0.05) is 6.07 Å². The van der Waals surface area contributed by atoms with Gasteiger partial charge in [-0.3, -0.25) is 10.1 Å². The highest BCUT2D eigenvalue weighted by Gasteiger charge is 2.15. The van der Waals surface area contributed by atoms with Gasteiger partial charge in [0.2, 0.25) is 0 Å². The maximum Gasteiger partial charge on any atom is 0.344 e. The molecule has 0 fully saturated rings. The fraction of sp³-hybridized carbons (Fsp3) is 0.176. The van der Waals surface area contributed by atoms with Crippen molar-refractivity contribution in [1.82, 2.24) is 0 Å². The molecule has 0 saturated heterocycles. The van der Waals surface area contributed by atoms with Crippen LogP contribution in [0.5, 0.6) is 5.75 Å². The van der Waals surface area contributed by atoms with Crippen molar-refractivity contribution in [3.63, 3.8) is 0 Å². The molecule has 0 N–H and O–H groups in total. The first-order chi connectivity index (χ1) is 12.0. The zero-order valence-electron chi connectivity index (χ0n) is 13.3. The zero-order valence-corrected chi connectivity index (χ0v) is 13.3. The predicted octanol–water partition coefficient (Wildman–Crippen LogP) is 2.50. The predicted molar refractivity (Wildman–Crippen MR) is 86.2 cm³/mol. The monoisotopic (exact) mass is 345 g/mol. The Morgan fingerprint density at radius 1 is 1.12 bits per heavy atom. The van der Waals surface area contributed by atoms with Crippen molar-refractivity contribution < 1.29 is 28.7 Å². The topological polar surface area (TPSA) is 105 Å². The number of methoxy groups -OCH3 is 1. The zero-order chi connectivity index (χ0) is 18.2. The van der Waals surface area contributed by atoms with E-state index < -0.39 is 23.5 Å². The van der Waals surface area contributed by atoms with Crippen molar-refractivity contribution in [2.45, 2.75) is 6.61 Å². The van der Waals surface area contributed by atoms with Gasteiger partial charge in [0.25, 0.3) is 0 Å². The van der Waals surface area contributed by atoms with Crippen molar-refractivity contribution in [3.8, 4) is 5.75 Å². The summed E-state index contributed by atoms with van der Waals surface area (Å²) in [6.45, 7) is -0.536. The van der Waals surface area contributed by atoms with Crippen molar-refractivity contribution in [3.05, 3.63) is 69.8 Å². The number of ether oxygens (including phenoxy) is 3. The minimum atomic E-state index is -0.693. The van der Waals surface area contributed by atoms with Crippen LogP contribution in [0.15, 0.2) is 48.5 Å². The van der Waals surface area contributed by atoms with Crippen molar-refractivity contribution in [1.29, 1.82) is 0 Å². The summed E-state index contributed by atoms with van der Waals surface area (Å²) >= 11 is 0. The van der Waals surface area contributed by atoms with Crippen LogP contribution >= 0.6 is 0 Å². The second kappa shape index (κ2) is 8.44. The average Bonchev–Trinajstić information content (AvgIpc) is 2.64. The SMILES string of the molecule is COC(=O)c1cccc(COC(=O)COc2ccccc2[N+](=O)[O-])c1. The fourth-order valence-electron chi connectivity index (χ4n) is 1.98. The molecule has 0 bridgehead atoms. The van der Waals surface area contributed by atoms with Gasteiger partial charge >= 0.3 is 17.6 Å². The molecule has 2 aromatic rings. The summed E-state index contributed by atoms with van der Waals surface area (Å²) < 4.78 is 14.8. The van der Waals surface area contributed by atoms with Crippen molar-refractivity contribution >= 4 is 17.6 Å². The van der Waals surface area contributed by atoms with Crippen LogP contribution in [0.3, 0.4) is 0 Å². The molecule has 0 aliphatic heterocycles. The molecule has 0 aromatic heterocycles. The third-order valence-electron chi connectivity index (χ3n) is 3.16. The first kappa shape index (κ1) is 17.9. The van der Waals surface area contributed by atoms with Crippen molar-refractivity contribution in [2.75, 3.05) is 13.7 Å². The van der Waals surface area contributed by atoms with Gasteiger partial charge in [-0.2, -0.15) is 0 Å². The Bertz CT molecular complexity index is 788. The number of carbonyl (C=O) groups is 2. The van der Waals surface area contributed by atoms with Crippen molar-refractivity contribution in [2.24, 2.45) is 0 Å². The summed E-state index contributed by atoms with van der Waals surface area (Å²) in [5.41, 5.74) is 0.704. The standard InChI is InChI=1S/C17H15NO7/c1-23-17(20)13-6-4-5-12(9-13)10-25-16(19)11-24-15-8-3-2-7-14(15)18(21)22/h2-9H,10-11H2,1H3. The lowest BCUT2D eigenvalue weighted by Crippen LogP contribution is -2.15. The van der Waals surface area contributed by atoms with Crippen LogP contribution in [0.2, 0.25) is 0 Å². The number of hydrogen-bond donors (Lipinski definition) is 0. The molecular formula is C17H15NO7. The fourth-order valence-corrected chi connectivity index (χ4v) is 1.98. The van der Waals surface area contributed by atoms with Gasteiger partial charge in [-0.15, -0.1) is 0 Å². The highest BCUT2D eigenvalue weighted by atomic mass is 16.6. The summed E-state index contributed by atoms with van der Waals surface area (Å²) in [6.07, 6.45) is 0. The highest BCUT2D eigenvalue weighted by Crippen LogP contribution is 2.25.